The number of carbonyl (C=O) groups is 1. The lowest BCUT2D eigenvalue weighted by Gasteiger charge is -2.09. The maximum atomic E-state index is 12.7. The zero-order valence-electron chi connectivity index (χ0n) is 14.9. The molecule has 0 aliphatic heterocycles. The van der Waals surface area contributed by atoms with Gasteiger partial charge in [-0.3, -0.25) is 9.59 Å². The monoisotopic (exact) mass is 415 g/mol. The predicted octanol–water partition coefficient (Wildman–Crippen LogP) is 2.44. The average molecular weight is 415 g/mol. The molecular weight excluding hydrogens is 398 g/mol. The quantitative estimate of drug-likeness (QED) is 0.621. The summed E-state index contributed by atoms with van der Waals surface area (Å²) in [6.45, 7) is -0.402. The summed E-state index contributed by atoms with van der Waals surface area (Å²) in [5.74, 6) is -0.484. The largest absolute Gasteiger partial charge is 0.324 e. The number of rotatable bonds is 6. The molecule has 2 aromatic carbocycles. The van der Waals surface area contributed by atoms with Crippen LogP contribution in [0.2, 0.25) is 0 Å². The molecule has 0 fully saturated rings. The molecule has 0 bridgehead atoms. The molecule has 0 radical (unpaired) electrons. The van der Waals surface area contributed by atoms with Gasteiger partial charge in [0.15, 0.2) is 5.03 Å². The summed E-state index contributed by atoms with van der Waals surface area (Å²) in [7, 11) is -3.89. The van der Waals surface area contributed by atoms with Crippen LogP contribution in [0.3, 0.4) is 0 Å². The van der Waals surface area contributed by atoms with Crippen LogP contribution in [0.15, 0.2) is 86.3 Å². The van der Waals surface area contributed by atoms with Gasteiger partial charge >= 0.3 is 0 Å². The third-order valence-corrected chi connectivity index (χ3v) is 6.20. The molecule has 28 heavy (non-hydrogen) atoms. The van der Waals surface area contributed by atoms with Crippen LogP contribution in [0.5, 0.6) is 0 Å². The van der Waals surface area contributed by atoms with E-state index in [1.807, 2.05) is 12.3 Å². The Bertz CT molecular complexity index is 1160. The van der Waals surface area contributed by atoms with Gasteiger partial charge in [0.25, 0.3) is 5.56 Å². The van der Waals surface area contributed by atoms with Gasteiger partial charge in [-0.05, 0) is 42.7 Å². The lowest BCUT2D eigenvalue weighted by atomic mass is 10.3. The van der Waals surface area contributed by atoms with E-state index in [1.165, 1.54) is 23.9 Å². The highest BCUT2D eigenvalue weighted by Crippen LogP contribution is 2.19. The first-order valence-electron chi connectivity index (χ1n) is 8.22. The topological polar surface area (TPSA) is 98.1 Å². The highest BCUT2D eigenvalue weighted by atomic mass is 32.2. The molecule has 3 rings (SSSR count). The van der Waals surface area contributed by atoms with Crippen LogP contribution in [0, 0.1) is 0 Å². The number of carbonyl (C=O) groups excluding carboxylic acids is 1. The minimum atomic E-state index is -3.89. The van der Waals surface area contributed by atoms with Crippen LogP contribution in [-0.4, -0.2) is 30.4 Å². The number of aromatic nitrogens is 2. The van der Waals surface area contributed by atoms with Crippen molar-refractivity contribution in [2.75, 3.05) is 11.6 Å². The van der Waals surface area contributed by atoms with Gasteiger partial charge in [0.1, 0.15) is 6.54 Å². The number of thioether (sulfide) groups is 1. The summed E-state index contributed by atoms with van der Waals surface area (Å²) < 4.78 is 26.2. The number of nitrogens with zero attached hydrogens (tertiary/aromatic N) is 2. The molecule has 7 nitrogen and oxygen atoms in total. The third-order valence-electron chi connectivity index (χ3n) is 3.82. The minimum Gasteiger partial charge on any atom is -0.324 e. The van der Waals surface area contributed by atoms with Crippen LogP contribution in [0.25, 0.3) is 0 Å². The molecule has 0 saturated carbocycles. The third kappa shape index (κ3) is 4.49. The zero-order valence-corrected chi connectivity index (χ0v) is 16.5. The molecule has 0 aliphatic carbocycles. The Morgan fingerprint density at radius 2 is 1.82 bits per heavy atom. The van der Waals surface area contributed by atoms with Gasteiger partial charge < -0.3 is 5.32 Å². The van der Waals surface area contributed by atoms with Crippen molar-refractivity contribution in [1.29, 1.82) is 0 Å². The number of hydrogen-bond donors (Lipinski definition) is 1. The molecule has 0 saturated heterocycles. The maximum Gasteiger partial charge on any atom is 0.267 e. The first kappa shape index (κ1) is 19.8. The molecule has 0 aliphatic rings. The molecule has 1 N–H and O–H groups in total. The van der Waals surface area contributed by atoms with Crippen molar-refractivity contribution >= 4 is 33.2 Å². The number of sulfone groups is 1. The van der Waals surface area contributed by atoms with Crippen molar-refractivity contribution in [2.24, 2.45) is 0 Å². The van der Waals surface area contributed by atoms with Gasteiger partial charge in [-0.2, -0.15) is 5.10 Å². The Kier molecular flexibility index (Phi) is 5.96. The van der Waals surface area contributed by atoms with Gasteiger partial charge in [-0.1, -0.05) is 24.3 Å². The summed E-state index contributed by atoms with van der Waals surface area (Å²) in [5.41, 5.74) is 0.0120. The van der Waals surface area contributed by atoms with Crippen molar-refractivity contribution in [1.82, 2.24) is 9.78 Å². The van der Waals surface area contributed by atoms with Crippen molar-refractivity contribution in [3.8, 4) is 0 Å². The summed E-state index contributed by atoms with van der Waals surface area (Å²) >= 11 is 1.53. The number of benzene rings is 2. The van der Waals surface area contributed by atoms with Crippen molar-refractivity contribution in [3.05, 3.63) is 77.1 Å². The Balaban J connectivity index is 1.84. The van der Waals surface area contributed by atoms with Gasteiger partial charge in [0, 0.05) is 16.6 Å². The van der Waals surface area contributed by atoms with E-state index in [9.17, 15) is 18.0 Å². The Hall–Kier alpha value is -2.91. The number of amides is 1. The second-order valence-corrected chi connectivity index (χ2v) is 8.54. The van der Waals surface area contributed by atoms with Crippen molar-refractivity contribution in [2.45, 2.75) is 21.4 Å². The molecule has 0 unspecified atom stereocenters. The fraction of sp³-hybridized carbons (Fsp3) is 0.105. The highest BCUT2D eigenvalue weighted by molar-refractivity contribution is 7.98. The van der Waals surface area contributed by atoms with E-state index in [1.54, 1.807) is 36.4 Å². The Morgan fingerprint density at radius 1 is 1.07 bits per heavy atom. The van der Waals surface area contributed by atoms with E-state index < -0.39 is 27.8 Å². The molecule has 1 heterocycles. The van der Waals surface area contributed by atoms with E-state index in [-0.39, 0.29) is 9.92 Å². The Labute approximate surface area is 166 Å². The van der Waals surface area contributed by atoms with E-state index in [0.717, 1.165) is 21.7 Å². The summed E-state index contributed by atoms with van der Waals surface area (Å²) in [6.07, 6.45) is 1.92. The molecule has 3 aromatic rings. The van der Waals surface area contributed by atoms with Crippen LogP contribution in [0.4, 0.5) is 5.69 Å². The molecule has 0 spiro atoms. The van der Waals surface area contributed by atoms with Crippen molar-refractivity contribution < 1.29 is 13.2 Å². The number of anilines is 1. The first-order valence-corrected chi connectivity index (χ1v) is 10.9. The fourth-order valence-electron chi connectivity index (χ4n) is 2.44. The SMILES string of the molecule is CSc1cccc(NC(=O)Cn2nc(S(=O)(=O)c3ccccc3)ccc2=O)c1. The molecule has 0 atom stereocenters. The smallest absolute Gasteiger partial charge is 0.267 e. The summed E-state index contributed by atoms with van der Waals surface area (Å²) in [5, 5.41) is 6.27. The second-order valence-electron chi connectivity index (χ2n) is 5.76. The van der Waals surface area contributed by atoms with Gasteiger partial charge in [0.05, 0.1) is 4.90 Å². The van der Waals surface area contributed by atoms with Crippen LogP contribution in [-0.2, 0) is 21.2 Å². The van der Waals surface area contributed by atoms with E-state index >= 15 is 0 Å². The average Bonchev–Trinajstić information content (AvgIpc) is 2.70. The first-order chi connectivity index (χ1) is 13.4. The highest BCUT2D eigenvalue weighted by Gasteiger charge is 2.20. The predicted molar refractivity (Wildman–Crippen MR) is 107 cm³/mol. The lowest BCUT2D eigenvalue weighted by Crippen LogP contribution is -2.30. The van der Waals surface area contributed by atoms with Crippen LogP contribution in [0.1, 0.15) is 0 Å². The minimum absolute atomic E-state index is 0.0611. The second kappa shape index (κ2) is 8.41. The van der Waals surface area contributed by atoms with Crippen molar-refractivity contribution in [3.63, 3.8) is 0 Å². The van der Waals surface area contributed by atoms with Gasteiger partial charge in [-0.25, -0.2) is 13.1 Å². The van der Waals surface area contributed by atoms with Gasteiger partial charge in [-0.15, -0.1) is 11.8 Å². The molecule has 9 heteroatoms. The molecule has 144 valence electrons. The lowest BCUT2D eigenvalue weighted by molar-refractivity contribution is -0.117. The van der Waals surface area contributed by atoms with E-state index in [0.29, 0.717) is 5.69 Å². The Morgan fingerprint density at radius 3 is 2.54 bits per heavy atom. The number of hydrogen-bond acceptors (Lipinski definition) is 6. The molecule has 1 aromatic heterocycles. The number of nitrogens with one attached hydrogen (secondary N) is 1. The zero-order chi connectivity index (χ0) is 20.1. The molecule has 1 amide bonds. The van der Waals surface area contributed by atoms with E-state index in [4.69, 9.17) is 0 Å². The molecular formula is C19H17N3O4S2. The normalized spacial score (nSPS) is 11.2. The van der Waals surface area contributed by atoms with Crippen LogP contribution >= 0.6 is 11.8 Å². The standard InChI is InChI=1S/C19H17N3O4S2/c1-27-15-7-5-6-14(12-15)20-17(23)13-22-19(24)11-10-18(21-22)28(25,26)16-8-3-2-4-9-16/h2-12H,13H2,1H3,(H,20,23). The summed E-state index contributed by atoms with van der Waals surface area (Å²) in [6, 6.07) is 17.2. The fourth-order valence-corrected chi connectivity index (χ4v) is 4.11. The van der Waals surface area contributed by atoms with Crippen LogP contribution < -0.4 is 10.9 Å². The van der Waals surface area contributed by atoms with E-state index in [2.05, 4.69) is 10.4 Å². The summed E-state index contributed by atoms with van der Waals surface area (Å²) in [4.78, 5) is 25.4. The maximum absolute atomic E-state index is 12.7. The van der Waals surface area contributed by atoms with Gasteiger partial charge in [0.2, 0.25) is 15.7 Å².